The number of carbonyl (C=O) groups excluding carboxylic acids is 1. The van der Waals surface area contributed by atoms with Gasteiger partial charge in [0.15, 0.2) is 0 Å². The summed E-state index contributed by atoms with van der Waals surface area (Å²) in [6.07, 6.45) is 9.34. The van der Waals surface area contributed by atoms with Crippen LogP contribution < -0.4 is 14.4 Å². The summed E-state index contributed by atoms with van der Waals surface area (Å²) in [4.78, 5) is 17.6. The number of anilines is 1. The molecule has 1 spiro atoms. The van der Waals surface area contributed by atoms with Gasteiger partial charge in [-0.05, 0) is 112 Å². The molecule has 2 aromatic rings. The second kappa shape index (κ2) is 13.4. The van der Waals surface area contributed by atoms with E-state index in [1.807, 2.05) is 19.1 Å². The molecule has 1 N–H and O–H groups in total. The maximum atomic E-state index is 13.5. The van der Waals surface area contributed by atoms with Crippen molar-refractivity contribution in [1.82, 2.24) is 9.62 Å². The van der Waals surface area contributed by atoms with Gasteiger partial charge in [0, 0.05) is 35.6 Å². The summed E-state index contributed by atoms with van der Waals surface area (Å²) in [5, 5.41) is -0.119. The molecule has 50 heavy (non-hydrogen) atoms. The van der Waals surface area contributed by atoms with Crippen LogP contribution >= 0.6 is 11.6 Å². The maximum absolute atomic E-state index is 13.5. The zero-order chi connectivity index (χ0) is 35.5. The van der Waals surface area contributed by atoms with Crippen LogP contribution in [0.15, 0.2) is 48.6 Å². The largest absolute Gasteiger partial charge is 0.490 e. The smallest absolute Gasteiger partial charge is 0.272 e. The van der Waals surface area contributed by atoms with Gasteiger partial charge >= 0.3 is 0 Å². The summed E-state index contributed by atoms with van der Waals surface area (Å²) < 4.78 is 69.6. The first-order valence-corrected chi connectivity index (χ1v) is 19.9. The van der Waals surface area contributed by atoms with Gasteiger partial charge in [0.25, 0.3) is 11.8 Å². The highest BCUT2D eigenvalue weighted by molar-refractivity contribution is 7.90. The number of nitrogens with one attached hydrogen (secondary N) is 1. The number of aryl methyl sites for hydroxylation is 1. The van der Waals surface area contributed by atoms with Crippen LogP contribution in [0, 0.1) is 17.8 Å². The molecular formula is C38H48ClF2N3O5S. The number of alkyl halides is 2. The topological polar surface area (TPSA) is 88.2 Å². The molecule has 6 atom stereocenters. The van der Waals surface area contributed by atoms with E-state index in [4.69, 9.17) is 21.1 Å². The molecule has 2 fully saturated rings. The molecule has 5 aliphatic rings. The van der Waals surface area contributed by atoms with Crippen molar-refractivity contribution < 1.29 is 31.5 Å². The Bertz CT molecular complexity index is 1770. The third kappa shape index (κ3) is 6.92. The average Bonchev–Trinajstić information content (AvgIpc) is 3.17. The van der Waals surface area contributed by atoms with E-state index in [9.17, 15) is 22.0 Å². The Hall–Kier alpha value is -2.73. The summed E-state index contributed by atoms with van der Waals surface area (Å²) in [6.45, 7) is 7.63. The number of hydrogen-bond acceptors (Lipinski definition) is 7. The molecule has 12 heteroatoms. The molecule has 1 saturated heterocycles. The number of hydrogen-bond donors (Lipinski definition) is 1. The fourth-order valence-corrected chi connectivity index (χ4v) is 10.3. The molecule has 2 bridgehead atoms. The van der Waals surface area contributed by atoms with E-state index >= 15 is 0 Å². The van der Waals surface area contributed by atoms with Crippen LogP contribution in [0.4, 0.5) is 14.5 Å². The molecule has 2 aliphatic carbocycles. The van der Waals surface area contributed by atoms with E-state index in [1.165, 1.54) is 11.1 Å². The zero-order valence-electron chi connectivity index (χ0n) is 29.1. The maximum Gasteiger partial charge on any atom is 0.272 e. The van der Waals surface area contributed by atoms with Crippen molar-refractivity contribution in [2.45, 2.75) is 81.5 Å². The Morgan fingerprint density at radius 1 is 1.10 bits per heavy atom. The molecule has 2 aromatic carbocycles. The van der Waals surface area contributed by atoms with Crippen LogP contribution in [0.1, 0.15) is 74.4 Å². The number of ether oxygens (including phenoxy) is 2. The van der Waals surface area contributed by atoms with E-state index in [0.717, 1.165) is 37.8 Å². The predicted molar refractivity (Wildman–Crippen MR) is 191 cm³/mol. The number of likely N-dealkylation sites (tertiary alicyclic amines) is 1. The SMILES string of the molecule is C[C@@H]1[C@@H](C)C/C=C\[C@](C)(OCCN2CC(F)(F)C2)[C@@H]2CC[C@H]2CN2C[C@@]3(CCCc4cc(Cl)ccc43)COc3ccc(cc32)C(=O)NS1(=O)=O. The van der Waals surface area contributed by atoms with E-state index in [0.29, 0.717) is 50.0 Å². The average molecular weight is 732 g/mol. The van der Waals surface area contributed by atoms with Gasteiger partial charge in [-0.25, -0.2) is 21.9 Å². The summed E-state index contributed by atoms with van der Waals surface area (Å²) in [5.41, 5.74) is 2.50. The second-order valence-corrected chi connectivity index (χ2v) is 18.1. The molecule has 1 saturated carbocycles. The lowest BCUT2D eigenvalue weighted by molar-refractivity contribution is -0.146. The Kier molecular flexibility index (Phi) is 9.52. The number of nitrogens with zero attached hydrogens (tertiary/aromatic N) is 2. The van der Waals surface area contributed by atoms with Crippen LogP contribution in [0.3, 0.4) is 0 Å². The predicted octanol–water partition coefficient (Wildman–Crippen LogP) is 6.61. The zero-order valence-corrected chi connectivity index (χ0v) is 30.7. The van der Waals surface area contributed by atoms with Gasteiger partial charge in [0.05, 0.1) is 42.8 Å². The quantitative estimate of drug-likeness (QED) is 0.355. The van der Waals surface area contributed by atoms with Crippen molar-refractivity contribution in [2.24, 2.45) is 17.8 Å². The molecule has 3 heterocycles. The van der Waals surface area contributed by atoms with Gasteiger partial charge in [-0.1, -0.05) is 36.7 Å². The first-order chi connectivity index (χ1) is 23.7. The van der Waals surface area contributed by atoms with Crippen LogP contribution in [-0.4, -0.2) is 81.9 Å². The molecule has 272 valence electrons. The van der Waals surface area contributed by atoms with Gasteiger partial charge in [-0.15, -0.1) is 0 Å². The summed E-state index contributed by atoms with van der Waals surface area (Å²) in [5.74, 6) is -2.52. The summed E-state index contributed by atoms with van der Waals surface area (Å²) in [6, 6.07) is 11.3. The first kappa shape index (κ1) is 35.7. The van der Waals surface area contributed by atoms with Crippen molar-refractivity contribution in [1.29, 1.82) is 0 Å². The summed E-state index contributed by atoms with van der Waals surface area (Å²) >= 11 is 6.44. The Morgan fingerprint density at radius 2 is 1.90 bits per heavy atom. The van der Waals surface area contributed by atoms with Crippen molar-refractivity contribution in [2.75, 3.05) is 50.8 Å². The normalized spacial score (nSPS) is 34.2. The van der Waals surface area contributed by atoms with E-state index in [1.54, 1.807) is 30.0 Å². The molecule has 1 amide bonds. The van der Waals surface area contributed by atoms with Crippen molar-refractivity contribution in [3.63, 3.8) is 0 Å². The fourth-order valence-electron chi connectivity index (χ4n) is 8.82. The van der Waals surface area contributed by atoms with Crippen molar-refractivity contribution in [3.8, 4) is 5.75 Å². The Morgan fingerprint density at radius 3 is 2.64 bits per heavy atom. The minimum atomic E-state index is -3.99. The molecular weight excluding hydrogens is 684 g/mol. The molecule has 0 unspecified atom stereocenters. The standard InChI is InChI=1S/C38H48ClF2N3O5S/c1-25-6-4-14-36(3,49-17-16-43-22-38(40,41)23-43)31-11-8-29(31)20-44-21-37(15-5-7-27-18-30(39)10-12-32(27)37)24-48-34-13-9-28(19-33(34)44)35(45)42-50(46,47)26(25)2/h4,9-10,12-14,18-19,25-26,29,31H,5-8,11,15-17,20-24H2,1-3H3,(H,42,45)/b14-4-/t25-,26+,29-,31+,36-,37-/m0/s1. The number of rotatable bonds is 4. The van der Waals surface area contributed by atoms with Crippen molar-refractivity contribution in [3.05, 3.63) is 70.3 Å². The third-order valence-corrected chi connectivity index (χ3v) is 14.3. The fraction of sp³-hybridized carbons (Fsp3) is 0.605. The number of amides is 1. The highest BCUT2D eigenvalue weighted by atomic mass is 35.5. The first-order valence-electron chi connectivity index (χ1n) is 18.0. The molecule has 3 aliphatic heterocycles. The van der Waals surface area contributed by atoms with Gasteiger partial charge in [0.2, 0.25) is 10.0 Å². The lowest BCUT2D eigenvalue weighted by atomic mass is 9.64. The van der Waals surface area contributed by atoms with Crippen LogP contribution in [0.5, 0.6) is 5.75 Å². The lowest BCUT2D eigenvalue weighted by Crippen LogP contribution is -2.57. The van der Waals surface area contributed by atoms with Gasteiger partial charge in [-0.3, -0.25) is 9.69 Å². The van der Waals surface area contributed by atoms with Crippen LogP contribution in [0.2, 0.25) is 5.02 Å². The van der Waals surface area contributed by atoms with Gasteiger partial charge in [0.1, 0.15) is 5.75 Å². The molecule has 8 nitrogen and oxygen atoms in total. The highest BCUT2D eigenvalue weighted by Gasteiger charge is 2.48. The second-order valence-electron chi connectivity index (χ2n) is 15.6. The number of halogens is 3. The van der Waals surface area contributed by atoms with E-state index < -0.39 is 32.7 Å². The third-order valence-electron chi connectivity index (χ3n) is 12.1. The number of benzene rings is 2. The van der Waals surface area contributed by atoms with Gasteiger partial charge in [-0.2, -0.15) is 0 Å². The number of allylic oxidation sites excluding steroid dienone is 1. The number of carbonyl (C=O) groups is 1. The van der Waals surface area contributed by atoms with E-state index in [-0.39, 0.29) is 41.8 Å². The lowest BCUT2D eigenvalue weighted by Gasteiger charge is -2.50. The molecule has 0 radical (unpaired) electrons. The van der Waals surface area contributed by atoms with Crippen LogP contribution in [0.25, 0.3) is 0 Å². The Balaban J connectivity index is 1.25. The molecule has 0 aromatic heterocycles. The van der Waals surface area contributed by atoms with Gasteiger partial charge < -0.3 is 14.4 Å². The monoisotopic (exact) mass is 731 g/mol. The number of fused-ring (bicyclic) bond motifs is 4. The summed E-state index contributed by atoms with van der Waals surface area (Å²) in [7, 11) is -3.99. The van der Waals surface area contributed by atoms with Crippen LogP contribution in [-0.2, 0) is 26.6 Å². The highest BCUT2D eigenvalue weighted by Crippen LogP contribution is 2.49. The Labute approximate surface area is 299 Å². The number of sulfonamides is 1. The van der Waals surface area contributed by atoms with E-state index in [2.05, 4.69) is 34.8 Å². The molecule has 7 rings (SSSR count). The van der Waals surface area contributed by atoms with Crippen molar-refractivity contribution >= 4 is 33.2 Å². The minimum Gasteiger partial charge on any atom is -0.490 e. The minimum absolute atomic E-state index is 0.147.